The fourth-order valence-electron chi connectivity index (χ4n) is 2.09. The maximum atomic E-state index is 13.1. The Hall–Kier alpha value is -2.47. The standard InChI is InChI=1S/C17H12F2N2OS/c18-12-7-13(19)9-14(8-12)20-16(22)10-23-17-6-5-11-3-1-2-4-15(11)21-17/h1-9H,10H2,(H,20,22). The second kappa shape index (κ2) is 6.75. The zero-order chi connectivity index (χ0) is 16.2. The Kier molecular flexibility index (Phi) is 4.52. The van der Waals surface area contributed by atoms with Gasteiger partial charge in [0.25, 0.3) is 0 Å². The predicted molar refractivity (Wildman–Crippen MR) is 87.5 cm³/mol. The number of amides is 1. The highest BCUT2D eigenvalue weighted by atomic mass is 32.2. The molecule has 0 atom stereocenters. The average molecular weight is 330 g/mol. The van der Waals surface area contributed by atoms with Crippen LogP contribution in [-0.4, -0.2) is 16.6 Å². The van der Waals surface area contributed by atoms with Crippen molar-refractivity contribution < 1.29 is 13.6 Å². The van der Waals surface area contributed by atoms with Crippen LogP contribution in [-0.2, 0) is 4.79 Å². The summed E-state index contributed by atoms with van der Waals surface area (Å²) in [5.74, 6) is -1.72. The number of benzene rings is 2. The van der Waals surface area contributed by atoms with Gasteiger partial charge in [0.15, 0.2) is 0 Å². The Morgan fingerprint density at radius 3 is 2.57 bits per heavy atom. The molecule has 116 valence electrons. The van der Waals surface area contributed by atoms with E-state index < -0.39 is 11.6 Å². The second-order valence-electron chi connectivity index (χ2n) is 4.84. The minimum atomic E-state index is -0.732. The SMILES string of the molecule is O=C(CSc1ccc2ccccc2n1)Nc1cc(F)cc(F)c1. The van der Waals surface area contributed by atoms with Crippen molar-refractivity contribution in [2.75, 3.05) is 11.1 Å². The molecule has 0 saturated carbocycles. The predicted octanol–water partition coefficient (Wildman–Crippen LogP) is 4.24. The van der Waals surface area contributed by atoms with Crippen LogP contribution in [0.5, 0.6) is 0 Å². The Balaban J connectivity index is 1.63. The van der Waals surface area contributed by atoms with E-state index in [-0.39, 0.29) is 17.3 Å². The number of carbonyl (C=O) groups is 1. The molecule has 6 heteroatoms. The lowest BCUT2D eigenvalue weighted by molar-refractivity contribution is -0.113. The third kappa shape index (κ3) is 4.04. The lowest BCUT2D eigenvalue weighted by Gasteiger charge is -2.06. The Morgan fingerprint density at radius 2 is 1.78 bits per heavy atom. The minimum Gasteiger partial charge on any atom is -0.325 e. The second-order valence-corrected chi connectivity index (χ2v) is 5.83. The van der Waals surface area contributed by atoms with Gasteiger partial charge in [-0.3, -0.25) is 4.79 Å². The number of rotatable bonds is 4. The number of pyridine rings is 1. The molecule has 2 aromatic carbocycles. The van der Waals surface area contributed by atoms with E-state index in [1.165, 1.54) is 11.8 Å². The van der Waals surface area contributed by atoms with Crippen LogP contribution in [0.1, 0.15) is 0 Å². The lowest BCUT2D eigenvalue weighted by Crippen LogP contribution is -2.14. The maximum Gasteiger partial charge on any atom is 0.234 e. The van der Waals surface area contributed by atoms with E-state index in [1.807, 2.05) is 36.4 Å². The molecule has 1 N–H and O–H groups in total. The monoisotopic (exact) mass is 330 g/mol. The third-order valence-corrected chi connectivity index (χ3v) is 4.00. The normalized spacial score (nSPS) is 10.7. The first-order chi connectivity index (χ1) is 11.1. The van der Waals surface area contributed by atoms with Gasteiger partial charge in [-0.15, -0.1) is 0 Å². The highest BCUT2D eigenvalue weighted by molar-refractivity contribution is 7.99. The Bertz CT molecular complexity index is 850. The zero-order valence-corrected chi connectivity index (χ0v) is 12.7. The van der Waals surface area contributed by atoms with Crippen LogP contribution in [0, 0.1) is 11.6 Å². The number of aromatic nitrogens is 1. The molecule has 0 fully saturated rings. The van der Waals surface area contributed by atoms with Crippen LogP contribution < -0.4 is 5.32 Å². The first kappa shape index (κ1) is 15.4. The molecular formula is C17H12F2N2OS. The van der Waals surface area contributed by atoms with Gasteiger partial charge in [0, 0.05) is 17.1 Å². The van der Waals surface area contributed by atoms with Crippen molar-refractivity contribution in [3.8, 4) is 0 Å². The number of thioether (sulfide) groups is 1. The number of hydrogen-bond acceptors (Lipinski definition) is 3. The quantitative estimate of drug-likeness (QED) is 0.727. The number of fused-ring (bicyclic) bond motifs is 1. The largest absolute Gasteiger partial charge is 0.325 e. The van der Waals surface area contributed by atoms with Crippen LogP contribution >= 0.6 is 11.8 Å². The summed E-state index contributed by atoms with van der Waals surface area (Å²) < 4.78 is 26.1. The maximum absolute atomic E-state index is 13.1. The molecular weight excluding hydrogens is 318 g/mol. The molecule has 3 rings (SSSR count). The van der Waals surface area contributed by atoms with Crippen molar-refractivity contribution in [3.63, 3.8) is 0 Å². The van der Waals surface area contributed by atoms with Gasteiger partial charge in [0.2, 0.25) is 5.91 Å². The third-order valence-electron chi connectivity index (χ3n) is 3.07. The molecule has 0 spiro atoms. The van der Waals surface area contributed by atoms with Crippen molar-refractivity contribution in [3.05, 3.63) is 66.2 Å². The van der Waals surface area contributed by atoms with Gasteiger partial charge in [-0.05, 0) is 24.3 Å². The van der Waals surface area contributed by atoms with E-state index >= 15 is 0 Å². The summed E-state index contributed by atoms with van der Waals surface area (Å²) in [5, 5.41) is 4.20. The molecule has 0 aliphatic heterocycles. The molecule has 0 aliphatic carbocycles. The first-order valence-corrected chi connectivity index (χ1v) is 7.83. The molecule has 0 unspecified atom stereocenters. The fourth-order valence-corrected chi connectivity index (χ4v) is 2.77. The number of para-hydroxylation sites is 1. The van der Waals surface area contributed by atoms with Gasteiger partial charge in [-0.2, -0.15) is 0 Å². The van der Waals surface area contributed by atoms with Crippen LogP contribution in [0.15, 0.2) is 59.6 Å². The summed E-state index contributed by atoms with van der Waals surface area (Å²) in [7, 11) is 0. The van der Waals surface area contributed by atoms with Gasteiger partial charge < -0.3 is 5.32 Å². The number of hydrogen-bond donors (Lipinski definition) is 1. The summed E-state index contributed by atoms with van der Waals surface area (Å²) in [6, 6.07) is 14.4. The Labute approximate surface area is 135 Å². The summed E-state index contributed by atoms with van der Waals surface area (Å²) in [5.41, 5.74) is 0.949. The number of carbonyl (C=O) groups excluding carboxylic acids is 1. The van der Waals surface area contributed by atoms with E-state index in [9.17, 15) is 13.6 Å². The fraction of sp³-hybridized carbons (Fsp3) is 0.0588. The molecule has 0 aliphatic rings. The topological polar surface area (TPSA) is 42.0 Å². The summed E-state index contributed by atoms with van der Waals surface area (Å²) in [6.45, 7) is 0. The highest BCUT2D eigenvalue weighted by Crippen LogP contribution is 2.20. The smallest absolute Gasteiger partial charge is 0.234 e. The van der Waals surface area contributed by atoms with Gasteiger partial charge in [0.1, 0.15) is 11.6 Å². The van der Waals surface area contributed by atoms with E-state index in [0.29, 0.717) is 5.03 Å². The lowest BCUT2D eigenvalue weighted by atomic mass is 10.2. The van der Waals surface area contributed by atoms with Crippen LogP contribution in [0.25, 0.3) is 10.9 Å². The average Bonchev–Trinajstić information content (AvgIpc) is 2.52. The summed E-state index contributed by atoms with van der Waals surface area (Å²) in [6.07, 6.45) is 0. The molecule has 0 saturated heterocycles. The van der Waals surface area contributed by atoms with Gasteiger partial charge in [0.05, 0.1) is 16.3 Å². The van der Waals surface area contributed by atoms with Crippen molar-refractivity contribution in [2.45, 2.75) is 5.03 Å². The van der Waals surface area contributed by atoms with E-state index in [1.54, 1.807) is 0 Å². The van der Waals surface area contributed by atoms with E-state index in [0.717, 1.165) is 29.1 Å². The van der Waals surface area contributed by atoms with E-state index in [4.69, 9.17) is 0 Å². The summed E-state index contributed by atoms with van der Waals surface area (Å²) in [4.78, 5) is 16.3. The van der Waals surface area contributed by atoms with Crippen LogP contribution in [0.4, 0.5) is 14.5 Å². The van der Waals surface area contributed by atoms with Crippen LogP contribution in [0.3, 0.4) is 0 Å². The molecule has 1 aromatic heterocycles. The molecule has 3 aromatic rings. The molecule has 3 nitrogen and oxygen atoms in total. The molecule has 1 heterocycles. The number of halogens is 2. The molecule has 0 bridgehead atoms. The Morgan fingerprint density at radius 1 is 1.04 bits per heavy atom. The molecule has 0 radical (unpaired) electrons. The minimum absolute atomic E-state index is 0.0968. The number of nitrogens with one attached hydrogen (secondary N) is 1. The van der Waals surface area contributed by atoms with Crippen LogP contribution in [0.2, 0.25) is 0 Å². The number of nitrogens with zero attached hydrogens (tertiary/aromatic N) is 1. The van der Waals surface area contributed by atoms with Gasteiger partial charge in [-0.25, -0.2) is 13.8 Å². The molecule has 23 heavy (non-hydrogen) atoms. The van der Waals surface area contributed by atoms with Crippen molar-refractivity contribution in [2.24, 2.45) is 0 Å². The van der Waals surface area contributed by atoms with Gasteiger partial charge >= 0.3 is 0 Å². The first-order valence-electron chi connectivity index (χ1n) is 6.85. The zero-order valence-electron chi connectivity index (χ0n) is 11.9. The van der Waals surface area contributed by atoms with Gasteiger partial charge in [-0.1, -0.05) is 36.0 Å². The number of anilines is 1. The van der Waals surface area contributed by atoms with E-state index in [2.05, 4.69) is 10.3 Å². The highest BCUT2D eigenvalue weighted by Gasteiger charge is 2.07. The van der Waals surface area contributed by atoms with Crippen molar-refractivity contribution >= 4 is 34.3 Å². The van der Waals surface area contributed by atoms with Crippen molar-refractivity contribution in [1.29, 1.82) is 0 Å². The summed E-state index contributed by atoms with van der Waals surface area (Å²) >= 11 is 1.26. The van der Waals surface area contributed by atoms with Crippen molar-refractivity contribution in [1.82, 2.24) is 4.98 Å². The molecule has 1 amide bonds.